The number of hydrogen-bond donors (Lipinski definition) is 1. The molecule has 8 heteroatoms. The molecular formula is C29H21BrN2O4S. The van der Waals surface area contributed by atoms with Gasteiger partial charge >= 0.3 is 0 Å². The predicted molar refractivity (Wildman–Crippen MR) is 150 cm³/mol. The van der Waals surface area contributed by atoms with Gasteiger partial charge in [0.1, 0.15) is 5.75 Å². The van der Waals surface area contributed by atoms with Crippen molar-refractivity contribution in [3.63, 3.8) is 0 Å². The van der Waals surface area contributed by atoms with Gasteiger partial charge in [0.05, 0.1) is 15.9 Å². The van der Waals surface area contributed by atoms with Crippen molar-refractivity contribution in [3.8, 4) is 5.75 Å². The van der Waals surface area contributed by atoms with Crippen LogP contribution in [-0.4, -0.2) is 28.6 Å². The summed E-state index contributed by atoms with van der Waals surface area (Å²) in [6, 6.07) is 28.2. The Morgan fingerprint density at radius 3 is 2.51 bits per heavy atom. The number of para-hydroxylation sites is 1. The summed E-state index contributed by atoms with van der Waals surface area (Å²) in [5, 5.41) is 4.55. The fourth-order valence-corrected chi connectivity index (χ4v) is 5.32. The number of ether oxygens (including phenoxy) is 1. The van der Waals surface area contributed by atoms with Crippen LogP contribution in [0.4, 0.5) is 10.5 Å². The van der Waals surface area contributed by atoms with Crippen molar-refractivity contribution in [3.05, 3.63) is 112 Å². The quantitative estimate of drug-likeness (QED) is 0.245. The number of carbonyl (C=O) groups excluding carboxylic acids is 3. The number of benzene rings is 4. The number of thioether (sulfide) groups is 1. The van der Waals surface area contributed by atoms with Crippen molar-refractivity contribution in [2.75, 3.05) is 11.9 Å². The van der Waals surface area contributed by atoms with Crippen LogP contribution < -0.4 is 10.1 Å². The maximum absolute atomic E-state index is 13.1. The Balaban J connectivity index is 1.25. The van der Waals surface area contributed by atoms with E-state index in [4.69, 9.17) is 4.74 Å². The molecule has 184 valence electrons. The van der Waals surface area contributed by atoms with Crippen LogP contribution in [0.5, 0.6) is 5.75 Å². The Morgan fingerprint density at radius 2 is 1.70 bits per heavy atom. The number of nitrogens with one attached hydrogen (secondary N) is 1. The van der Waals surface area contributed by atoms with E-state index in [0.29, 0.717) is 20.8 Å². The van der Waals surface area contributed by atoms with E-state index in [1.165, 1.54) is 4.90 Å². The lowest BCUT2D eigenvalue weighted by Gasteiger charge is -2.14. The number of anilines is 1. The van der Waals surface area contributed by atoms with Crippen molar-refractivity contribution in [2.45, 2.75) is 6.54 Å². The van der Waals surface area contributed by atoms with Gasteiger partial charge in [-0.3, -0.25) is 19.3 Å². The Kier molecular flexibility index (Phi) is 7.39. The summed E-state index contributed by atoms with van der Waals surface area (Å²) >= 11 is 4.39. The zero-order valence-corrected chi connectivity index (χ0v) is 21.9. The summed E-state index contributed by atoms with van der Waals surface area (Å²) < 4.78 is 6.27. The lowest BCUT2D eigenvalue weighted by molar-refractivity contribution is -0.123. The van der Waals surface area contributed by atoms with Gasteiger partial charge in [0.2, 0.25) is 0 Å². The SMILES string of the molecule is O=C(COc1ccc(/C=C2\SC(=O)N(Cc3cccc4ccccc34)C2=O)cc1Br)Nc1ccccc1. The van der Waals surface area contributed by atoms with E-state index in [0.717, 1.165) is 33.7 Å². The molecule has 0 saturated carbocycles. The Hall–Kier alpha value is -3.88. The van der Waals surface area contributed by atoms with Gasteiger partial charge in [-0.25, -0.2) is 0 Å². The van der Waals surface area contributed by atoms with Gasteiger partial charge in [-0.1, -0.05) is 66.7 Å². The molecule has 1 aliphatic rings. The molecule has 5 rings (SSSR count). The Morgan fingerprint density at radius 1 is 0.946 bits per heavy atom. The molecule has 37 heavy (non-hydrogen) atoms. The number of amides is 3. The topological polar surface area (TPSA) is 75.7 Å². The molecule has 0 aromatic heterocycles. The molecule has 3 amide bonds. The highest BCUT2D eigenvalue weighted by atomic mass is 79.9. The average Bonchev–Trinajstić information content (AvgIpc) is 3.16. The van der Waals surface area contributed by atoms with Crippen molar-refractivity contribution in [1.82, 2.24) is 4.90 Å². The normalized spacial score (nSPS) is 14.4. The van der Waals surface area contributed by atoms with E-state index in [-0.39, 0.29) is 30.2 Å². The van der Waals surface area contributed by atoms with Crippen LogP contribution in [-0.2, 0) is 16.1 Å². The first-order chi connectivity index (χ1) is 18.0. The van der Waals surface area contributed by atoms with Gasteiger partial charge in [0, 0.05) is 5.69 Å². The highest BCUT2D eigenvalue weighted by Crippen LogP contribution is 2.35. The van der Waals surface area contributed by atoms with Gasteiger partial charge in [-0.2, -0.15) is 0 Å². The van der Waals surface area contributed by atoms with Crippen LogP contribution in [0, 0.1) is 0 Å². The molecule has 1 N–H and O–H groups in total. The molecule has 0 radical (unpaired) electrons. The van der Waals surface area contributed by atoms with Crippen molar-refractivity contribution in [1.29, 1.82) is 0 Å². The lowest BCUT2D eigenvalue weighted by atomic mass is 10.0. The summed E-state index contributed by atoms with van der Waals surface area (Å²) in [4.78, 5) is 39.5. The largest absolute Gasteiger partial charge is 0.483 e. The van der Waals surface area contributed by atoms with Crippen LogP contribution in [0.2, 0.25) is 0 Å². The van der Waals surface area contributed by atoms with E-state index in [2.05, 4.69) is 21.2 Å². The van der Waals surface area contributed by atoms with Gasteiger partial charge in [0.15, 0.2) is 6.61 Å². The first kappa shape index (κ1) is 24.8. The Bertz CT molecular complexity index is 1530. The van der Waals surface area contributed by atoms with Crippen LogP contribution in [0.15, 0.2) is 100 Å². The number of halogens is 1. The minimum absolute atomic E-state index is 0.153. The lowest BCUT2D eigenvalue weighted by Crippen LogP contribution is -2.27. The van der Waals surface area contributed by atoms with Gasteiger partial charge < -0.3 is 10.1 Å². The molecule has 0 aliphatic carbocycles. The first-order valence-corrected chi connectivity index (χ1v) is 13.1. The number of imide groups is 1. The molecule has 0 spiro atoms. The number of fused-ring (bicyclic) bond motifs is 1. The maximum atomic E-state index is 13.1. The molecule has 4 aromatic rings. The minimum Gasteiger partial charge on any atom is -0.483 e. The molecule has 6 nitrogen and oxygen atoms in total. The number of carbonyl (C=O) groups is 3. The highest BCUT2D eigenvalue weighted by Gasteiger charge is 2.35. The minimum atomic E-state index is -0.322. The molecule has 1 heterocycles. The number of rotatable bonds is 7. The van der Waals surface area contributed by atoms with E-state index < -0.39 is 0 Å². The molecule has 0 bridgehead atoms. The van der Waals surface area contributed by atoms with Gasteiger partial charge in [-0.15, -0.1) is 0 Å². The van der Waals surface area contributed by atoms with E-state index in [9.17, 15) is 14.4 Å². The molecule has 0 unspecified atom stereocenters. The van der Waals surface area contributed by atoms with Gasteiger partial charge in [-0.05, 0) is 79.9 Å². The monoisotopic (exact) mass is 572 g/mol. The predicted octanol–water partition coefficient (Wildman–Crippen LogP) is 6.86. The van der Waals surface area contributed by atoms with E-state index in [1.807, 2.05) is 60.7 Å². The summed E-state index contributed by atoms with van der Waals surface area (Å²) in [5.41, 5.74) is 2.34. The second-order valence-corrected chi connectivity index (χ2v) is 10.1. The van der Waals surface area contributed by atoms with Crippen LogP contribution in [0.25, 0.3) is 16.8 Å². The average molecular weight is 573 g/mol. The fourth-order valence-electron chi connectivity index (χ4n) is 3.97. The number of nitrogens with zero attached hydrogens (tertiary/aromatic N) is 1. The summed E-state index contributed by atoms with van der Waals surface area (Å²) in [6.45, 7) is 0.0603. The van der Waals surface area contributed by atoms with Gasteiger partial charge in [0.25, 0.3) is 17.1 Å². The van der Waals surface area contributed by atoms with Crippen LogP contribution >= 0.6 is 27.7 Å². The van der Waals surface area contributed by atoms with Crippen molar-refractivity contribution >= 4 is 67.3 Å². The van der Waals surface area contributed by atoms with E-state index >= 15 is 0 Å². The molecule has 1 saturated heterocycles. The standard InChI is InChI=1S/C29H21BrN2O4S/c30-24-15-19(13-14-25(24)36-18-27(33)31-22-10-2-1-3-11-22)16-26-28(34)32(29(35)37-26)17-21-9-6-8-20-7-4-5-12-23(20)21/h1-16H,17-18H2,(H,31,33)/b26-16-. The van der Waals surface area contributed by atoms with Crippen LogP contribution in [0.3, 0.4) is 0 Å². The Labute approximate surface area is 226 Å². The zero-order valence-electron chi connectivity index (χ0n) is 19.5. The molecule has 4 aromatic carbocycles. The fraction of sp³-hybridized carbons (Fsp3) is 0.0690. The van der Waals surface area contributed by atoms with Crippen LogP contribution in [0.1, 0.15) is 11.1 Å². The summed E-state index contributed by atoms with van der Waals surface area (Å²) in [7, 11) is 0. The third kappa shape index (κ3) is 5.76. The summed E-state index contributed by atoms with van der Waals surface area (Å²) in [5.74, 6) is -0.108. The van der Waals surface area contributed by atoms with E-state index in [1.54, 1.807) is 36.4 Å². The smallest absolute Gasteiger partial charge is 0.293 e. The number of hydrogen-bond acceptors (Lipinski definition) is 5. The molecule has 0 atom stereocenters. The highest BCUT2D eigenvalue weighted by molar-refractivity contribution is 9.10. The third-order valence-electron chi connectivity index (χ3n) is 5.75. The van der Waals surface area contributed by atoms with Crippen molar-refractivity contribution in [2.24, 2.45) is 0 Å². The third-order valence-corrected chi connectivity index (χ3v) is 7.28. The maximum Gasteiger partial charge on any atom is 0.293 e. The zero-order chi connectivity index (χ0) is 25.8. The second-order valence-electron chi connectivity index (χ2n) is 8.30. The molecule has 1 aliphatic heterocycles. The van der Waals surface area contributed by atoms with Crippen molar-refractivity contribution < 1.29 is 19.1 Å². The first-order valence-electron chi connectivity index (χ1n) is 11.5. The second kappa shape index (κ2) is 11.0. The summed E-state index contributed by atoms with van der Waals surface area (Å²) in [6.07, 6.45) is 1.69. The molecule has 1 fully saturated rings. The molecular weight excluding hydrogens is 552 g/mol.